The van der Waals surface area contributed by atoms with E-state index in [1.165, 1.54) is 24.2 Å². The van der Waals surface area contributed by atoms with Gasteiger partial charge in [0.1, 0.15) is 4.88 Å². The molecule has 0 bridgehead atoms. The topological polar surface area (TPSA) is 55.1 Å². The van der Waals surface area contributed by atoms with Gasteiger partial charge in [0.15, 0.2) is 0 Å². The Bertz CT molecular complexity index is 379. The van der Waals surface area contributed by atoms with Gasteiger partial charge in [0, 0.05) is 17.5 Å². The second-order valence-electron chi connectivity index (χ2n) is 3.97. The SMILES string of the molecule is CSc1ccsc1C(=O)NC(CN)C1CC1.Cl. The van der Waals surface area contributed by atoms with Crippen LogP contribution in [0.3, 0.4) is 0 Å². The number of carbonyl (C=O) groups is 1. The van der Waals surface area contributed by atoms with Crippen molar-refractivity contribution in [1.29, 1.82) is 0 Å². The fraction of sp³-hybridized carbons (Fsp3) is 0.545. The van der Waals surface area contributed by atoms with E-state index in [2.05, 4.69) is 5.32 Å². The zero-order valence-electron chi connectivity index (χ0n) is 9.64. The predicted molar refractivity (Wildman–Crippen MR) is 76.4 cm³/mol. The minimum Gasteiger partial charge on any atom is -0.347 e. The largest absolute Gasteiger partial charge is 0.347 e. The number of rotatable bonds is 5. The first-order valence-corrected chi connectivity index (χ1v) is 7.49. The summed E-state index contributed by atoms with van der Waals surface area (Å²) in [5, 5.41) is 4.99. The van der Waals surface area contributed by atoms with Gasteiger partial charge in [-0.15, -0.1) is 35.5 Å². The Kier molecular flexibility index (Phi) is 5.79. The maximum absolute atomic E-state index is 12.0. The van der Waals surface area contributed by atoms with E-state index in [9.17, 15) is 4.79 Å². The molecule has 2 rings (SSSR count). The molecule has 1 atom stereocenters. The minimum absolute atomic E-state index is 0. The van der Waals surface area contributed by atoms with Gasteiger partial charge in [0.2, 0.25) is 0 Å². The number of amides is 1. The Labute approximate surface area is 116 Å². The summed E-state index contributed by atoms with van der Waals surface area (Å²) < 4.78 is 0. The second-order valence-corrected chi connectivity index (χ2v) is 5.74. The lowest BCUT2D eigenvalue weighted by atomic mass is 10.2. The van der Waals surface area contributed by atoms with E-state index < -0.39 is 0 Å². The van der Waals surface area contributed by atoms with Gasteiger partial charge in [-0.25, -0.2) is 0 Å². The van der Waals surface area contributed by atoms with Crippen molar-refractivity contribution < 1.29 is 4.79 Å². The quantitative estimate of drug-likeness (QED) is 0.819. The van der Waals surface area contributed by atoms with Crippen LogP contribution in [-0.4, -0.2) is 24.7 Å². The van der Waals surface area contributed by atoms with E-state index in [1.807, 2.05) is 17.7 Å². The van der Waals surface area contributed by atoms with Gasteiger partial charge >= 0.3 is 0 Å². The first-order chi connectivity index (χ1) is 7.76. The molecular weight excluding hydrogens is 276 g/mol. The molecule has 1 saturated carbocycles. The van der Waals surface area contributed by atoms with Crippen LogP contribution in [0.1, 0.15) is 22.5 Å². The molecule has 3 nitrogen and oxygen atoms in total. The average Bonchev–Trinajstić information content (AvgIpc) is 3.02. The van der Waals surface area contributed by atoms with E-state index in [1.54, 1.807) is 11.8 Å². The Morgan fingerprint density at radius 1 is 1.71 bits per heavy atom. The third-order valence-electron chi connectivity index (χ3n) is 2.82. The third-order valence-corrected chi connectivity index (χ3v) is 4.64. The lowest BCUT2D eigenvalue weighted by Crippen LogP contribution is -2.41. The molecule has 1 amide bonds. The molecule has 0 radical (unpaired) electrons. The fourth-order valence-electron chi connectivity index (χ4n) is 1.73. The van der Waals surface area contributed by atoms with Crippen molar-refractivity contribution >= 4 is 41.4 Å². The average molecular weight is 293 g/mol. The molecule has 0 saturated heterocycles. The summed E-state index contributed by atoms with van der Waals surface area (Å²) in [6.07, 6.45) is 4.38. The number of hydrogen-bond donors (Lipinski definition) is 2. The zero-order valence-corrected chi connectivity index (χ0v) is 12.1. The molecule has 1 heterocycles. The molecule has 0 aliphatic heterocycles. The van der Waals surface area contributed by atoms with Crippen LogP contribution in [0.25, 0.3) is 0 Å². The Morgan fingerprint density at radius 2 is 2.41 bits per heavy atom. The first kappa shape index (κ1) is 14.8. The summed E-state index contributed by atoms with van der Waals surface area (Å²) in [5.41, 5.74) is 5.67. The van der Waals surface area contributed by atoms with E-state index in [0.29, 0.717) is 12.5 Å². The molecule has 96 valence electrons. The minimum atomic E-state index is 0. The van der Waals surface area contributed by atoms with Crippen LogP contribution in [-0.2, 0) is 0 Å². The van der Waals surface area contributed by atoms with Crippen molar-refractivity contribution in [3.8, 4) is 0 Å². The number of nitrogens with two attached hydrogens (primary N) is 1. The number of thioether (sulfide) groups is 1. The van der Waals surface area contributed by atoms with Crippen molar-refractivity contribution in [1.82, 2.24) is 5.32 Å². The Morgan fingerprint density at radius 3 is 2.94 bits per heavy atom. The molecular formula is C11H17ClN2OS2. The van der Waals surface area contributed by atoms with Gasteiger partial charge in [0.05, 0.1) is 0 Å². The monoisotopic (exact) mass is 292 g/mol. The van der Waals surface area contributed by atoms with Gasteiger partial charge in [-0.1, -0.05) is 0 Å². The number of nitrogens with one attached hydrogen (secondary N) is 1. The van der Waals surface area contributed by atoms with Gasteiger partial charge in [0.25, 0.3) is 5.91 Å². The van der Waals surface area contributed by atoms with E-state index in [0.717, 1.165) is 9.77 Å². The Balaban J connectivity index is 0.00000144. The summed E-state index contributed by atoms with van der Waals surface area (Å²) in [5.74, 6) is 0.633. The number of carbonyl (C=O) groups excluding carboxylic acids is 1. The molecule has 1 aromatic heterocycles. The van der Waals surface area contributed by atoms with E-state index in [4.69, 9.17) is 5.73 Å². The smallest absolute Gasteiger partial charge is 0.262 e. The highest BCUT2D eigenvalue weighted by molar-refractivity contribution is 7.98. The number of hydrogen-bond acceptors (Lipinski definition) is 4. The van der Waals surface area contributed by atoms with Crippen LogP contribution in [0.5, 0.6) is 0 Å². The number of thiophene rings is 1. The molecule has 1 aromatic rings. The molecule has 0 spiro atoms. The maximum Gasteiger partial charge on any atom is 0.262 e. The van der Waals surface area contributed by atoms with Gasteiger partial charge < -0.3 is 11.1 Å². The van der Waals surface area contributed by atoms with Crippen molar-refractivity contribution in [2.75, 3.05) is 12.8 Å². The van der Waals surface area contributed by atoms with Crippen LogP contribution in [0.2, 0.25) is 0 Å². The van der Waals surface area contributed by atoms with Crippen molar-refractivity contribution in [2.24, 2.45) is 11.7 Å². The van der Waals surface area contributed by atoms with Crippen LogP contribution in [0.15, 0.2) is 16.3 Å². The summed E-state index contributed by atoms with van der Waals surface area (Å²) >= 11 is 3.10. The summed E-state index contributed by atoms with van der Waals surface area (Å²) in [4.78, 5) is 13.9. The van der Waals surface area contributed by atoms with Crippen molar-refractivity contribution in [2.45, 2.75) is 23.8 Å². The molecule has 1 unspecified atom stereocenters. The molecule has 1 aliphatic rings. The van der Waals surface area contributed by atoms with Crippen LogP contribution in [0.4, 0.5) is 0 Å². The van der Waals surface area contributed by atoms with Gasteiger partial charge in [-0.05, 0) is 36.5 Å². The molecule has 17 heavy (non-hydrogen) atoms. The standard InChI is InChI=1S/C11H16N2OS2.ClH/c1-15-9-4-5-16-10(9)11(14)13-8(6-12)7-2-3-7;/h4-5,7-8H,2-3,6,12H2,1H3,(H,13,14);1H. The highest BCUT2D eigenvalue weighted by Gasteiger charge is 2.31. The lowest BCUT2D eigenvalue weighted by molar-refractivity contribution is 0.0935. The summed E-state index contributed by atoms with van der Waals surface area (Å²) in [7, 11) is 0. The van der Waals surface area contributed by atoms with Crippen LogP contribution in [0, 0.1) is 5.92 Å². The maximum atomic E-state index is 12.0. The highest BCUT2D eigenvalue weighted by atomic mass is 35.5. The predicted octanol–water partition coefficient (Wildman–Crippen LogP) is 2.36. The lowest BCUT2D eigenvalue weighted by Gasteiger charge is -2.15. The molecule has 3 N–H and O–H groups in total. The third kappa shape index (κ3) is 3.61. The van der Waals surface area contributed by atoms with Crippen molar-refractivity contribution in [3.05, 3.63) is 16.3 Å². The zero-order chi connectivity index (χ0) is 11.5. The molecule has 1 aliphatic carbocycles. The van der Waals surface area contributed by atoms with Crippen molar-refractivity contribution in [3.63, 3.8) is 0 Å². The van der Waals surface area contributed by atoms with Crippen LogP contribution < -0.4 is 11.1 Å². The Hall–Kier alpha value is -0.230. The molecule has 1 fully saturated rings. The van der Waals surface area contributed by atoms with Crippen LogP contribution >= 0.6 is 35.5 Å². The summed E-state index contributed by atoms with van der Waals surface area (Å²) in [6.45, 7) is 0.538. The van der Waals surface area contributed by atoms with E-state index >= 15 is 0 Å². The fourth-order valence-corrected chi connectivity index (χ4v) is 3.38. The van der Waals surface area contributed by atoms with E-state index in [-0.39, 0.29) is 24.4 Å². The molecule has 6 heteroatoms. The summed E-state index contributed by atoms with van der Waals surface area (Å²) in [6, 6.07) is 2.14. The number of halogens is 1. The first-order valence-electron chi connectivity index (χ1n) is 5.38. The normalized spacial score (nSPS) is 16.1. The highest BCUT2D eigenvalue weighted by Crippen LogP contribution is 2.33. The van der Waals surface area contributed by atoms with Gasteiger partial charge in [-0.2, -0.15) is 0 Å². The van der Waals surface area contributed by atoms with Gasteiger partial charge in [-0.3, -0.25) is 4.79 Å². The molecule has 0 aromatic carbocycles. The second kappa shape index (κ2) is 6.64.